The Balaban J connectivity index is 1.81. The van der Waals surface area contributed by atoms with Crippen LogP contribution in [0.4, 0.5) is 4.79 Å². The number of imide groups is 1. The molecule has 1 unspecified atom stereocenters. The van der Waals surface area contributed by atoms with Crippen LogP contribution >= 0.6 is 0 Å². The highest BCUT2D eigenvalue weighted by Gasteiger charge is 2.49. The Labute approximate surface area is 143 Å². The molecule has 1 aliphatic heterocycles. The van der Waals surface area contributed by atoms with Crippen LogP contribution in [0.25, 0.3) is 0 Å². The Bertz CT molecular complexity index is 887. The third-order valence-corrected chi connectivity index (χ3v) is 4.15. The molecule has 25 heavy (non-hydrogen) atoms. The summed E-state index contributed by atoms with van der Waals surface area (Å²) in [6.07, 6.45) is 3.07. The van der Waals surface area contributed by atoms with E-state index in [0.717, 1.165) is 4.90 Å². The second kappa shape index (κ2) is 6.17. The van der Waals surface area contributed by atoms with Crippen LogP contribution < -0.4 is 5.32 Å². The molecule has 0 bridgehead atoms. The van der Waals surface area contributed by atoms with Gasteiger partial charge in [0.05, 0.1) is 18.2 Å². The summed E-state index contributed by atoms with van der Waals surface area (Å²) in [4.78, 5) is 42.2. The van der Waals surface area contributed by atoms with Crippen LogP contribution in [0.2, 0.25) is 0 Å². The summed E-state index contributed by atoms with van der Waals surface area (Å²) in [7, 11) is 0. The number of ketones is 1. The second-order valence-corrected chi connectivity index (χ2v) is 5.80. The Morgan fingerprint density at radius 3 is 2.60 bits per heavy atom. The number of aromatic nitrogens is 1. The molecule has 1 aromatic heterocycles. The van der Waals surface area contributed by atoms with Crippen molar-refractivity contribution in [2.24, 2.45) is 0 Å². The summed E-state index contributed by atoms with van der Waals surface area (Å²) < 4.78 is 0. The van der Waals surface area contributed by atoms with E-state index in [4.69, 9.17) is 5.26 Å². The molecule has 7 heteroatoms. The lowest BCUT2D eigenvalue weighted by Gasteiger charge is -2.21. The molecule has 1 aliphatic rings. The molecule has 3 rings (SSSR count). The van der Waals surface area contributed by atoms with E-state index < -0.39 is 17.5 Å². The van der Waals surface area contributed by atoms with Crippen molar-refractivity contribution < 1.29 is 14.4 Å². The number of pyridine rings is 1. The minimum atomic E-state index is -1.25. The minimum absolute atomic E-state index is 0.328. The Morgan fingerprint density at radius 1 is 1.28 bits per heavy atom. The number of Topliss-reactive ketones (excluding diaryl/α,β-unsaturated/α-hetero) is 1. The lowest BCUT2D eigenvalue weighted by molar-refractivity contribution is -0.130. The molecule has 1 atom stereocenters. The number of nitrogens with zero attached hydrogens (tertiary/aromatic N) is 3. The summed E-state index contributed by atoms with van der Waals surface area (Å²) in [5.74, 6) is -0.893. The topological polar surface area (TPSA) is 103 Å². The first-order chi connectivity index (χ1) is 12.0. The van der Waals surface area contributed by atoms with Gasteiger partial charge in [-0.2, -0.15) is 5.26 Å². The molecule has 7 nitrogen and oxygen atoms in total. The Hall–Kier alpha value is -3.53. The fourth-order valence-electron chi connectivity index (χ4n) is 2.66. The van der Waals surface area contributed by atoms with Gasteiger partial charge < -0.3 is 5.32 Å². The van der Waals surface area contributed by atoms with Crippen LogP contribution in [0.5, 0.6) is 0 Å². The molecule has 1 saturated heterocycles. The van der Waals surface area contributed by atoms with E-state index in [1.165, 1.54) is 30.5 Å². The van der Waals surface area contributed by atoms with Crippen molar-refractivity contribution in [2.75, 3.05) is 6.54 Å². The van der Waals surface area contributed by atoms with E-state index in [9.17, 15) is 14.4 Å². The maximum atomic E-state index is 12.7. The molecule has 1 fully saturated rings. The first-order valence-corrected chi connectivity index (χ1v) is 7.53. The summed E-state index contributed by atoms with van der Waals surface area (Å²) in [5, 5.41) is 11.4. The van der Waals surface area contributed by atoms with Gasteiger partial charge in [-0.15, -0.1) is 0 Å². The molecule has 2 heterocycles. The zero-order valence-electron chi connectivity index (χ0n) is 13.4. The van der Waals surface area contributed by atoms with E-state index in [1.54, 1.807) is 25.3 Å². The van der Waals surface area contributed by atoms with Crippen molar-refractivity contribution in [3.63, 3.8) is 0 Å². The van der Waals surface area contributed by atoms with Crippen LogP contribution in [-0.2, 0) is 10.3 Å². The zero-order valence-corrected chi connectivity index (χ0v) is 13.4. The van der Waals surface area contributed by atoms with Gasteiger partial charge in [0.2, 0.25) is 0 Å². The van der Waals surface area contributed by atoms with Crippen molar-refractivity contribution in [3.8, 4) is 6.07 Å². The lowest BCUT2D eigenvalue weighted by Crippen LogP contribution is -2.41. The predicted octanol–water partition coefficient (Wildman–Crippen LogP) is 1.60. The van der Waals surface area contributed by atoms with Gasteiger partial charge in [0.15, 0.2) is 5.78 Å². The van der Waals surface area contributed by atoms with Crippen LogP contribution in [0, 0.1) is 11.3 Å². The molecule has 124 valence electrons. The van der Waals surface area contributed by atoms with E-state index in [1.807, 2.05) is 6.07 Å². The van der Waals surface area contributed by atoms with Crippen molar-refractivity contribution >= 4 is 17.7 Å². The number of rotatable bonds is 4. The third kappa shape index (κ3) is 2.85. The Morgan fingerprint density at radius 2 is 2.00 bits per heavy atom. The van der Waals surface area contributed by atoms with Crippen LogP contribution in [0.3, 0.4) is 0 Å². The summed E-state index contributed by atoms with van der Waals surface area (Å²) in [6.45, 7) is 1.21. The van der Waals surface area contributed by atoms with Crippen molar-refractivity contribution in [1.29, 1.82) is 5.26 Å². The maximum Gasteiger partial charge on any atom is 0.325 e. The van der Waals surface area contributed by atoms with E-state index >= 15 is 0 Å². The van der Waals surface area contributed by atoms with Crippen molar-refractivity contribution in [3.05, 3.63) is 65.5 Å². The molecular formula is C18H14N4O3. The molecule has 3 amide bonds. The molecule has 1 N–H and O–H groups in total. The highest BCUT2D eigenvalue weighted by atomic mass is 16.2. The highest BCUT2D eigenvalue weighted by molar-refractivity contribution is 6.11. The van der Waals surface area contributed by atoms with Gasteiger partial charge in [0.25, 0.3) is 5.91 Å². The standard InChI is InChI=1S/C18H14N4O3/c1-18(14-3-2-8-20-10-14)16(24)22(17(25)21-18)11-15(23)13-6-4-12(9-19)5-7-13/h2-8,10H,11H2,1H3,(H,21,25). The van der Waals surface area contributed by atoms with Gasteiger partial charge in [0, 0.05) is 23.5 Å². The number of carbonyl (C=O) groups excluding carboxylic acids is 3. The SMILES string of the molecule is CC1(c2cccnc2)NC(=O)N(CC(=O)c2ccc(C#N)cc2)C1=O. The molecule has 0 saturated carbocycles. The molecule has 0 aliphatic carbocycles. The summed E-state index contributed by atoms with van der Waals surface area (Å²) >= 11 is 0. The number of benzene rings is 1. The first-order valence-electron chi connectivity index (χ1n) is 7.53. The number of hydrogen-bond acceptors (Lipinski definition) is 5. The number of carbonyl (C=O) groups is 3. The van der Waals surface area contributed by atoms with E-state index in [0.29, 0.717) is 16.7 Å². The summed E-state index contributed by atoms with van der Waals surface area (Å²) in [6, 6.07) is 10.7. The fourth-order valence-corrected chi connectivity index (χ4v) is 2.66. The fraction of sp³-hybridized carbons (Fsp3) is 0.167. The smallest absolute Gasteiger partial charge is 0.319 e. The monoisotopic (exact) mass is 334 g/mol. The van der Waals surface area contributed by atoms with Gasteiger partial charge in [-0.1, -0.05) is 18.2 Å². The Kier molecular flexibility index (Phi) is 4.03. The van der Waals surface area contributed by atoms with Gasteiger partial charge in [-0.25, -0.2) is 4.79 Å². The van der Waals surface area contributed by atoms with E-state index in [2.05, 4.69) is 10.3 Å². The molecule has 2 aromatic rings. The van der Waals surface area contributed by atoms with Gasteiger partial charge in [-0.05, 0) is 25.1 Å². The summed E-state index contributed by atoms with van der Waals surface area (Å²) in [5.41, 5.74) is 0.0444. The second-order valence-electron chi connectivity index (χ2n) is 5.80. The molecule has 1 aromatic carbocycles. The van der Waals surface area contributed by atoms with Gasteiger partial charge in [0.1, 0.15) is 5.54 Å². The zero-order chi connectivity index (χ0) is 18.0. The van der Waals surface area contributed by atoms with Crippen molar-refractivity contribution in [1.82, 2.24) is 15.2 Å². The average molecular weight is 334 g/mol. The molecule has 0 radical (unpaired) electrons. The number of nitrogens with one attached hydrogen (secondary N) is 1. The van der Waals surface area contributed by atoms with Crippen LogP contribution in [0.15, 0.2) is 48.8 Å². The number of amides is 3. The molecular weight excluding hydrogens is 320 g/mol. The molecule has 0 spiro atoms. The van der Waals surface area contributed by atoms with Gasteiger partial charge >= 0.3 is 6.03 Å². The highest BCUT2D eigenvalue weighted by Crippen LogP contribution is 2.28. The van der Waals surface area contributed by atoms with Crippen molar-refractivity contribution in [2.45, 2.75) is 12.5 Å². The first kappa shape index (κ1) is 16.3. The third-order valence-electron chi connectivity index (χ3n) is 4.15. The predicted molar refractivity (Wildman–Crippen MR) is 87.3 cm³/mol. The van der Waals surface area contributed by atoms with Crippen LogP contribution in [-0.4, -0.2) is 34.2 Å². The van der Waals surface area contributed by atoms with Crippen LogP contribution in [0.1, 0.15) is 28.4 Å². The van der Waals surface area contributed by atoms with E-state index in [-0.39, 0.29) is 12.3 Å². The number of nitriles is 1. The number of hydrogen-bond donors (Lipinski definition) is 1. The maximum absolute atomic E-state index is 12.7. The van der Waals surface area contributed by atoms with Gasteiger partial charge in [-0.3, -0.25) is 19.5 Å². The average Bonchev–Trinajstić information content (AvgIpc) is 2.86. The number of urea groups is 1. The minimum Gasteiger partial charge on any atom is -0.319 e. The lowest BCUT2D eigenvalue weighted by atomic mass is 9.93. The normalized spacial score (nSPS) is 19.4. The quantitative estimate of drug-likeness (QED) is 0.676. The largest absolute Gasteiger partial charge is 0.325 e.